The van der Waals surface area contributed by atoms with Crippen LogP contribution in [0.3, 0.4) is 0 Å². The van der Waals surface area contributed by atoms with E-state index >= 15 is 0 Å². The van der Waals surface area contributed by atoms with Crippen molar-refractivity contribution in [3.05, 3.63) is 29.3 Å². The van der Waals surface area contributed by atoms with Crippen molar-refractivity contribution in [2.75, 3.05) is 13.1 Å². The molecule has 86 valence electrons. The van der Waals surface area contributed by atoms with Crippen molar-refractivity contribution in [1.82, 2.24) is 5.32 Å². The van der Waals surface area contributed by atoms with E-state index in [-0.39, 0.29) is 11.9 Å². The van der Waals surface area contributed by atoms with Crippen LogP contribution in [0.15, 0.2) is 24.3 Å². The number of rotatable bonds is 2. The number of esters is 1. The minimum Gasteiger partial charge on any atom is -0.425 e. The van der Waals surface area contributed by atoms with Gasteiger partial charge in [0.05, 0.1) is 10.9 Å². The summed E-state index contributed by atoms with van der Waals surface area (Å²) < 4.78 is 5.27. The molecule has 1 heterocycles. The Bertz CT molecular complexity index is 375. The van der Waals surface area contributed by atoms with Crippen LogP contribution in [0.1, 0.15) is 12.8 Å². The Labute approximate surface area is 99.7 Å². The van der Waals surface area contributed by atoms with Crippen LogP contribution < -0.4 is 10.1 Å². The molecule has 1 aliphatic rings. The van der Waals surface area contributed by atoms with Crippen LogP contribution in [0.4, 0.5) is 0 Å². The van der Waals surface area contributed by atoms with E-state index in [9.17, 15) is 4.79 Å². The number of halogens is 1. The second-order valence-corrected chi connectivity index (χ2v) is 4.30. The van der Waals surface area contributed by atoms with E-state index in [1.165, 1.54) is 0 Å². The second-order valence-electron chi connectivity index (χ2n) is 3.89. The van der Waals surface area contributed by atoms with E-state index in [4.69, 9.17) is 16.3 Å². The summed E-state index contributed by atoms with van der Waals surface area (Å²) in [5.41, 5.74) is 0. The van der Waals surface area contributed by atoms with Gasteiger partial charge in [-0.15, -0.1) is 0 Å². The number of para-hydroxylation sites is 1. The molecule has 1 aromatic rings. The summed E-state index contributed by atoms with van der Waals surface area (Å²) in [6.45, 7) is 1.68. The summed E-state index contributed by atoms with van der Waals surface area (Å²) >= 11 is 5.91. The highest BCUT2D eigenvalue weighted by Crippen LogP contribution is 2.24. The lowest BCUT2D eigenvalue weighted by Crippen LogP contribution is -2.36. The standard InChI is InChI=1S/C12H14ClNO2/c13-10-5-1-2-6-11(10)16-12(15)9-4-3-7-14-8-9/h1-2,5-6,9,14H,3-4,7-8H2. The molecule has 0 radical (unpaired) electrons. The van der Waals surface area contributed by atoms with Gasteiger partial charge in [0.25, 0.3) is 0 Å². The van der Waals surface area contributed by atoms with Gasteiger partial charge in [-0.1, -0.05) is 23.7 Å². The molecule has 1 aliphatic heterocycles. The average Bonchev–Trinajstić information content (AvgIpc) is 2.33. The van der Waals surface area contributed by atoms with Gasteiger partial charge in [-0.2, -0.15) is 0 Å². The summed E-state index contributed by atoms with van der Waals surface area (Å²) in [6, 6.07) is 7.02. The molecule has 1 atom stereocenters. The number of carbonyl (C=O) groups is 1. The molecule has 0 bridgehead atoms. The van der Waals surface area contributed by atoms with Crippen LogP contribution in [0, 0.1) is 5.92 Å². The van der Waals surface area contributed by atoms with Crippen LogP contribution >= 0.6 is 11.6 Å². The third-order valence-corrected chi connectivity index (χ3v) is 2.99. The first-order chi connectivity index (χ1) is 7.77. The van der Waals surface area contributed by atoms with Crippen molar-refractivity contribution in [2.45, 2.75) is 12.8 Å². The number of benzene rings is 1. The lowest BCUT2D eigenvalue weighted by Gasteiger charge is -2.21. The quantitative estimate of drug-likeness (QED) is 0.636. The molecule has 1 fully saturated rings. The lowest BCUT2D eigenvalue weighted by molar-refractivity contribution is -0.139. The van der Waals surface area contributed by atoms with Crippen molar-refractivity contribution in [3.8, 4) is 5.75 Å². The summed E-state index contributed by atoms with van der Waals surface area (Å²) in [4.78, 5) is 11.8. The fourth-order valence-corrected chi connectivity index (χ4v) is 1.95. The zero-order chi connectivity index (χ0) is 11.4. The third-order valence-electron chi connectivity index (χ3n) is 2.68. The monoisotopic (exact) mass is 239 g/mol. The maximum absolute atomic E-state index is 11.8. The van der Waals surface area contributed by atoms with E-state index in [0.29, 0.717) is 17.3 Å². The molecule has 0 saturated carbocycles. The van der Waals surface area contributed by atoms with Gasteiger partial charge in [-0.3, -0.25) is 4.79 Å². The highest BCUT2D eigenvalue weighted by Gasteiger charge is 2.23. The first kappa shape index (κ1) is 11.4. The van der Waals surface area contributed by atoms with E-state index in [1.54, 1.807) is 18.2 Å². The molecule has 16 heavy (non-hydrogen) atoms. The van der Waals surface area contributed by atoms with Gasteiger partial charge in [-0.05, 0) is 31.5 Å². The van der Waals surface area contributed by atoms with Gasteiger partial charge >= 0.3 is 5.97 Å². The van der Waals surface area contributed by atoms with Crippen molar-refractivity contribution in [1.29, 1.82) is 0 Å². The largest absolute Gasteiger partial charge is 0.425 e. The molecule has 1 unspecified atom stereocenters. The van der Waals surface area contributed by atoms with Crippen molar-refractivity contribution in [2.24, 2.45) is 5.92 Å². The van der Waals surface area contributed by atoms with Crippen LogP contribution in [0.25, 0.3) is 0 Å². The molecular weight excluding hydrogens is 226 g/mol. The number of hydrogen-bond acceptors (Lipinski definition) is 3. The topological polar surface area (TPSA) is 38.3 Å². The van der Waals surface area contributed by atoms with Crippen LogP contribution in [0.2, 0.25) is 5.02 Å². The Hall–Kier alpha value is -1.06. The zero-order valence-electron chi connectivity index (χ0n) is 8.91. The Morgan fingerprint density at radius 2 is 2.25 bits per heavy atom. The van der Waals surface area contributed by atoms with E-state index in [0.717, 1.165) is 19.4 Å². The molecule has 0 aliphatic carbocycles. The average molecular weight is 240 g/mol. The molecule has 1 saturated heterocycles. The minimum absolute atomic E-state index is 0.0509. The summed E-state index contributed by atoms with van der Waals surface area (Å²) in [5.74, 6) is 0.199. The highest BCUT2D eigenvalue weighted by molar-refractivity contribution is 6.32. The van der Waals surface area contributed by atoms with Gasteiger partial charge in [0.2, 0.25) is 0 Å². The van der Waals surface area contributed by atoms with E-state index in [2.05, 4.69) is 5.32 Å². The Kier molecular flexibility index (Phi) is 3.80. The fourth-order valence-electron chi connectivity index (χ4n) is 1.77. The van der Waals surface area contributed by atoms with Gasteiger partial charge < -0.3 is 10.1 Å². The van der Waals surface area contributed by atoms with Gasteiger partial charge in [-0.25, -0.2) is 0 Å². The van der Waals surface area contributed by atoms with Crippen molar-refractivity contribution >= 4 is 17.6 Å². The second kappa shape index (κ2) is 5.32. The van der Waals surface area contributed by atoms with Gasteiger partial charge in [0.15, 0.2) is 0 Å². The van der Waals surface area contributed by atoms with Crippen LogP contribution in [-0.2, 0) is 4.79 Å². The summed E-state index contributed by atoms with van der Waals surface area (Å²) in [6.07, 6.45) is 1.90. The molecule has 3 nitrogen and oxygen atoms in total. The maximum atomic E-state index is 11.8. The van der Waals surface area contributed by atoms with Crippen molar-refractivity contribution < 1.29 is 9.53 Å². The Balaban J connectivity index is 1.99. The number of carbonyl (C=O) groups excluding carboxylic acids is 1. The number of piperidine rings is 1. The molecule has 4 heteroatoms. The molecule has 1 aromatic carbocycles. The number of hydrogen-bond donors (Lipinski definition) is 1. The summed E-state index contributed by atoms with van der Waals surface area (Å²) in [5, 5.41) is 3.65. The van der Waals surface area contributed by atoms with E-state index in [1.807, 2.05) is 6.07 Å². The highest BCUT2D eigenvalue weighted by atomic mass is 35.5. The molecule has 0 spiro atoms. The predicted octanol–water partition coefficient (Wildman–Crippen LogP) is 2.24. The normalized spacial score (nSPS) is 20.4. The molecular formula is C12H14ClNO2. The molecule has 1 N–H and O–H groups in total. The fraction of sp³-hybridized carbons (Fsp3) is 0.417. The molecule has 2 rings (SSSR count). The molecule has 0 amide bonds. The maximum Gasteiger partial charge on any atom is 0.315 e. The van der Waals surface area contributed by atoms with Gasteiger partial charge in [0.1, 0.15) is 5.75 Å². The SMILES string of the molecule is O=C(Oc1ccccc1Cl)C1CCCNC1. The van der Waals surface area contributed by atoms with Crippen molar-refractivity contribution in [3.63, 3.8) is 0 Å². The third kappa shape index (κ3) is 2.74. The summed E-state index contributed by atoms with van der Waals surface area (Å²) in [7, 11) is 0. The minimum atomic E-state index is -0.194. The number of nitrogens with one attached hydrogen (secondary N) is 1. The first-order valence-electron chi connectivity index (χ1n) is 5.44. The Morgan fingerprint density at radius 1 is 1.44 bits per heavy atom. The Morgan fingerprint density at radius 3 is 2.94 bits per heavy atom. The first-order valence-corrected chi connectivity index (χ1v) is 5.82. The van der Waals surface area contributed by atoms with Gasteiger partial charge in [0, 0.05) is 6.54 Å². The number of ether oxygens (including phenoxy) is 1. The molecule has 0 aromatic heterocycles. The van der Waals surface area contributed by atoms with Crippen LogP contribution in [0.5, 0.6) is 5.75 Å². The lowest BCUT2D eigenvalue weighted by atomic mass is 10.0. The van der Waals surface area contributed by atoms with E-state index < -0.39 is 0 Å². The zero-order valence-corrected chi connectivity index (χ0v) is 9.67. The van der Waals surface area contributed by atoms with Crippen LogP contribution in [-0.4, -0.2) is 19.1 Å². The smallest absolute Gasteiger partial charge is 0.315 e. The predicted molar refractivity (Wildman–Crippen MR) is 62.7 cm³/mol.